The first kappa shape index (κ1) is 16.2. The topological polar surface area (TPSA) is 27.7 Å². The van der Waals surface area contributed by atoms with E-state index in [1.165, 1.54) is 19.2 Å². The second-order valence-electron chi connectivity index (χ2n) is 5.97. The van der Waals surface area contributed by atoms with Crippen LogP contribution in [0.3, 0.4) is 0 Å². The first-order valence-electron chi connectivity index (χ1n) is 6.61. The van der Waals surface area contributed by atoms with Crippen molar-refractivity contribution in [3.63, 3.8) is 0 Å². The molecule has 1 heterocycles. The van der Waals surface area contributed by atoms with Crippen molar-refractivity contribution in [2.24, 2.45) is 0 Å². The molecule has 0 saturated carbocycles. The van der Waals surface area contributed by atoms with Gasteiger partial charge in [0.25, 0.3) is 6.43 Å². The summed E-state index contributed by atoms with van der Waals surface area (Å²) < 4.78 is 56.7. The molecule has 0 radical (unpaired) electrons. The van der Waals surface area contributed by atoms with Crippen LogP contribution >= 0.6 is 0 Å². The summed E-state index contributed by atoms with van der Waals surface area (Å²) in [5.74, 6) is -1.31. The summed E-state index contributed by atoms with van der Waals surface area (Å²) in [6, 6.07) is 2.65. The van der Waals surface area contributed by atoms with Gasteiger partial charge in [0.1, 0.15) is 0 Å². The van der Waals surface area contributed by atoms with Gasteiger partial charge < -0.3 is 14.0 Å². The lowest BCUT2D eigenvalue weighted by Crippen LogP contribution is -2.41. The van der Waals surface area contributed by atoms with E-state index in [-0.39, 0.29) is 11.2 Å². The highest BCUT2D eigenvalue weighted by atomic mass is 19.3. The number of ether oxygens (including phenoxy) is 1. The third-order valence-corrected chi connectivity index (χ3v) is 4.12. The molecule has 1 aromatic carbocycles. The van der Waals surface area contributed by atoms with Gasteiger partial charge in [0.2, 0.25) is 0 Å². The van der Waals surface area contributed by atoms with Crippen LogP contribution < -0.4 is 10.2 Å². The van der Waals surface area contributed by atoms with Crippen molar-refractivity contribution in [3.8, 4) is 5.75 Å². The first-order valence-corrected chi connectivity index (χ1v) is 6.61. The van der Waals surface area contributed by atoms with Crippen LogP contribution in [-0.4, -0.2) is 25.4 Å². The standard InChI is InChI=1S/C14H18BF3O3/c1-13(2)14(3,4)21-15(20-13)8-6-7-9(19-5)11(16)10(8)12(17)18/h6-7,12H,1-5H3. The molecule has 1 fully saturated rings. The quantitative estimate of drug-likeness (QED) is 0.803. The van der Waals surface area contributed by atoms with Gasteiger partial charge in [-0.25, -0.2) is 13.2 Å². The summed E-state index contributed by atoms with van der Waals surface area (Å²) in [6.07, 6.45) is -2.99. The lowest BCUT2D eigenvalue weighted by atomic mass is 9.75. The van der Waals surface area contributed by atoms with Gasteiger partial charge in [-0.1, -0.05) is 6.07 Å². The Morgan fingerprint density at radius 2 is 1.62 bits per heavy atom. The molecular formula is C14H18BF3O3. The minimum atomic E-state index is -2.99. The second kappa shape index (κ2) is 5.21. The van der Waals surface area contributed by atoms with Crippen LogP contribution in [0, 0.1) is 5.82 Å². The maximum atomic E-state index is 14.1. The molecule has 7 heteroatoms. The Morgan fingerprint density at radius 1 is 1.10 bits per heavy atom. The van der Waals surface area contributed by atoms with E-state index in [4.69, 9.17) is 14.0 Å². The van der Waals surface area contributed by atoms with Crippen molar-refractivity contribution in [1.82, 2.24) is 0 Å². The molecular weight excluding hydrogens is 284 g/mol. The van der Waals surface area contributed by atoms with Gasteiger partial charge in [0, 0.05) is 0 Å². The lowest BCUT2D eigenvalue weighted by Gasteiger charge is -2.32. The Morgan fingerprint density at radius 3 is 2.05 bits per heavy atom. The molecule has 0 unspecified atom stereocenters. The van der Waals surface area contributed by atoms with Gasteiger partial charge in [-0.2, -0.15) is 0 Å². The van der Waals surface area contributed by atoms with Crippen molar-refractivity contribution >= 4 is 12.6 Å². The molecule has 21 heavy (non-hydrogen) atoms. The molecule has 116 valence electrons. The van der Waals surface area contributed by atoms with E-state index in [9.17, 15) is 13.2 Å². The minimum Gasteiger partial charge on any atom is -0.494 e. The van der Waals surface area contributed by atoms with Crippen LogP contribution in [0.15, 0.2) is 12.1 Å². The third-order valence-electron chi connectivity index (χ3n) is 4.12. The number of halogens is 3. The van der Waals surface area contributed by atoms with E-state index in [0.29, 0.717) is 0 Å². The molecule has 1 aromatic rings. The number of hydrogen-bond donors (Lipinski definition) is 0. The second-order valence-corrected chi connectivity index (χ2v) is 5.97. The molecule has 1 saturated heterocycles. The van der Waals surface area contributed by atoms with Crippen molar-refractivity contribution in [3.05, 3.63) is 23.5 Å². The van der Waals surface area contributed by atoms with E-state index in [1.807, 2.05) is 0 Å². The fourth-order valence-electron chi connectivity index (χ4n) is 2.14. The van der Waals surface area contributed by atoms with E-state index < -0.39 is 36.1 Å². The van der Waals surface area contributed by atoms with Gasteiger partial charge >= 0.3 is 7.12 Å². The van der Waals surface area contributed by atoms with E-state index in [0.717, 1.165) is 0 Å². The van der Waals surface area contributed by atoms with Crippen LogP contribution in [0.25, 0.3) is 0 Å². The van der Waals surface area contributed by atoms with Crippen LogP contribution in [-0.2, 0) is 9.31 Å². The molecule has 3 nitrogen and oxygen atoms in total. The smallest absolute Gasteiger partial charge is 0.494 e. The summed E-state index contributed by atoms with van der Waals surface area (Å²) in [7, 11) is 0.182. The summed E-state index contributed by atoms with van der Waals surface area (Å²) in [6.45, 7) is 7.20. The monoisotopic (exact) mass is 302 g/mol. The van der Waals surface area contributed by atoms with Crippen molar-refractivity contribution < 1.29 is 27.2 Å². The number of methoxy groups -OCH3 is 1. The zero-order chi connectivity index (χ0) is 16.0. The molecule has 0 N–H and O–H groups in total. The van der Waals surface area contributed by atoms with Gasteiger partial charge in [0.05, 0.1) is 23.9 Å². The highest BCUT2D eigenvalue weighted by Crippen LogP contribution is 2.38. The molecule has 2 rings (SSSR count). The largest absolute Gasteiger partial charge is 0.495 e. The van der Waals surface area contributed by atoms with E-state index >= 15 is 0 Å². The summed E-state index contributed by atoms with van der Waals surface area (Å²) in [4.78, 5) is 0. The first-order chi connectivity index (χ1) is 9.60. The Bertz CT molecular complexity index is 531. The Balaban J connectivity index is 2.49. The normalized spacial score (nSPS) is 20.1. The Labute approximate surface area is 122 Å². The number of rotatable bonds is 3. The number of hydrogen-bond acceptors (Lipinski definition) is 3. The molecule has 1 aliphatic rings. The predicted molar refractivity (Wildman–Crippen MR) is 73.6 cm³/mol. The van der Waals surface area contributed by atoms with Crippen LogP contribution in [0.2, 0.25) is 0 Å². The fraction of sp³-hybridized carbons (Fsp3) is 0.571. The average Bonchev–Trinajstić information content (AvgIpc) is 2.57. The summed E-state index contributed by atoms with van der Waals surface area (Å²) in [5.41, 5.74) is -2.13. The van der Waals surface area contributed by atoms with Crippen molar-refractivity contribution in [2.45, 2.75) is 45.3 Å². The highest BCUT2D eigenvalue weighted by Gasteiger charge is 2.52. The van der Waals surface area contributed by atoms with Crippen LogP contribution in [0.5, 0.6) is 5.75 Å². The van der Waals surface area contributed by atoms with Gasteiger partial charge in [-0.05, 0) is 39.2 Å². The predicted octanol–water partition coefficient (Wildman–Crippen LogP) is 3.07. The third kappa shape index (κ3) is 2.64. The zero-order valence-electron chi connectivity index (χ0n) is 12.7. The average molecular weight is 302 g/mol. The molecule has 0 spiro atoms. The van der Waals surface area contributed by atoms with Gasteiger partial charge in [0.15, 0.2) is 11.6 Å². The molecule has 0 atom stereocenters. The molecule has 1 aliphatic heterocycles. The summed E-state index contributed by atoms with van der Waals surface area (Å²) in [5, 5.41) is 0. The van der Waals surface area contributed by atoms with Gasteiger partial charge in [-0.15, -0.1) is 0 Å². The number of alkyl halides is 2. The van der Waals surface area contributed by atoms with Crippen LogP contribution in [0.4, 0.5) is 13.2 Å². The Kier molecular flexibility index (Phi) is 4.01. The van der Waals surface area contributed by atoms with E-state index in [2.05, 4.69) is 0 Å². The number of benzene rings is 1. The molecule has 0 bridgehead atoms. The molecule has 0 aromatic heterocycles. The minimum absolute atomic E-state index is 0.0121. The van der Waals surface area contributed by atoms with E-state index in [1.54, 1.807) is 27.7 Å². The van der Waals surface area contributed by atoms with Crippen LogP contribution in [0.1, 0.15) is 39.7 Å². The SMILES string of the molecule is COc1ccc(B2OC(C)(C)C(C)(C)O2)c(C(F)F)c1F. The summed E-state index contributed by atoms with van der Waals surface area (Å²) >= 11 is 0. The van der Waals surface area contributed by atoms with Crippen molar-refractivity contribution in [1.29, 1.82) is 0 Å². The zero-order valence-corrected chi connectivity index (χ0v) is 12.7. The maximum Gasteiger partial charge on any atom is 0.495 e. The fourth-order valence-corrected chi connectivity index (χ4v) is 2.14. The molecule has 0 amide bonds. The molecule has 0 aliphatic carbocycles. The van der Waals surface area contributed by atoms with Gasteiger partial charge in [-0.3, -0.25) is 0 Å². The van der Waals surface area contributed by atoms with Crippen molar-refractivity contribution in [2.75, 3.05) is 7.11 Å². The Hall–Kier alpha value is -1.21. The lowest BCUT2D eigenvalue weighted by molar-refractivity contribution is 0.00578. The highest BCUT2D eigenvalue weighted by molar-refractivity contribution is 6.62. The maximum absolute atomic E-state index is 14.1.